The molecular weight excluding hydrogens is 863 g/mol. The van der Waals surface area contributed by atoms with E-state index in [0.717, 1.165) is 83.9 Å². The normalized spacial score (nSPS) is 14.0. The number of anilines is 3. The summed E-state index contributed by atoms with van der Waals surface area (Å²) >= 11 is 0. The molecule has 0 saturated carbocycles. The van der Waals surface area contributed by atoms with Gasteiger partial charge < -0.3 is 13.7 Å². The molecule has 3 nitrogen and oxygen atoms in total. The van der Waals surface area contributed by atoms with E-state index in [1.807, 2.05) is 12.1 Å². The standard InChI is InChI=1S/C68H45NO2/c1-67(2)56-26-11-6-21-49(56)52-38-36-48(41-60(52)67)69(46-34-31-42(32-35-46)44-33-37-54-53-24-10-15-30-61(53)70-62(54)40-44)47-20-16-19-45(39-47)65-63(43-17-4-3-5-18-43)64-66(71-65)55-25-9-14-29-59(55)68(64)57-27-12-7-22-50(57)51-23-8-13-28-58(51)68/h3-41H,1-2H3. The van der Waals surface area contributed by atoms with Crippen LogP contribution < -0.4 is 4.90 Å². The summed E-state index contributed by atoms with van der Waals surface area (Å²) in [5, 5.41) is 2.26. The summed E-state index contributed by atoms with van der Waals surface area (Å²) in [6.07, 6.45) is 0. The largest absolute Gasteiger partial charge is 0.456 e. The van der Waals surface area contributed by atoms with Crippen LogP contribution in [0.1, 0.15) is 47.2 Å². The molecule has 0 atom stereocenters. The summed E-state index contributed by atoms with van der Waals surface area (Å²) in [4.78, 5) is 2.41. The van der Waals surface area contributed by atoms with Crippen molar-refractivity contribution < 1.29 is 8.83 Å². The minimum Gasteiger partial charge on any atom is -0.456 e. The van der Waals surface area contributed by atoms with Gasteiger partial charge in [-0.3, -0.25) is 0 Å². The monoisotopic (exact) mass is 907 g/mol. The molecule has 15 rings (SSSR count). The molecule has 0 unspecified atom stereocenters. The molecule has 0 bridgehead atoms. The topological polar surface area (TPSA) is 29.5 Å². The molecule has 0 amide bonds. The fraction of sp³-hybridized carbons (Fsp3) is 0.0588. The molecule has 2 heterocycles. The van der Waals surface area contributed by atoms with Gasteiger partial charge in [-0.1, -0.05) is 196 Å². The molecule has 3 aliphatic carbocycles. The summed E-state index contributed by atoms with van der Waals surface area (Å²) in [5.41, 5.74) is 23.7. The number of hydrogen-bond donors (Lipinski definition) is 0. The van der Waals surface area contributed by atoms with Gasteiger partial charge in [-0.15, -0.1) is 0 Å². The highest BCUT2D eigenvalue weighted by Crippen LogP contribution is 2.66. The molecule has 334 valence electrons. The van der Waals surface area contributed by atoms with Crippen LogP contribution in [0.2, 0.25) is 0 Å². The van der Waals surface area contributed by atoms with Crippen molar-refractivity contribution in [2.24, 2.45) is 0 Å². The molecule has 3 aliphatic rings. The Bertz CT molecular complexity index is 4100. The molecule has 0 aliphatic heterocycles. The van der Waals surface area contributed by atoms with Crippen LogP contribution in [-0.4, -0.2) is 0 Å². The van der Waals surface area contributed by atoms with Crippen LogP contribution in [0, 0.1) is 0 Å². The first-order valence-corrected chi connectivity index (χ1v) is 24.7. The fourth-order valence-electron chi connectivity index (χ4n) is 12.8. The van der Waals surface area contributed by atoms with Crippen LogP contribution in [-0.2, 0) is 10.8 Å². The van der Waals surface area contributed by atoms with Crippen molar-refractivity contribution in [2.45, 2.75) is 24.7 Å². The third-order valence-electron chi connectivity index (χ3n) is 15.9. The molecule has 2 aromatic heterocycles. The molecule has 12 aromatic rings. The third-order valence-corrected chi connectivity index (χ3v) is 15.9. The Morgan fingerprint density at radius 2 is 0.873 bits per heavy atom. The third kappa shape index (κ3) is 5.55. The second-order valence-electron chi connectivity index (χ2n) is 19.9. The van der Waals surface area contributed by atoms with Crippen molar-refractivity contribution in [3.8, 4) is 67.2 Å². The molecule has 0 radical (unpaired) electrons. The van der Waals surface area contributed by atoms with Gasteiger partial charge in [0.15, 0.2) is 0 Å². The Labute approximate surface area is 412 Å². The minimum absolute atomic E-state index is 0.169. The first-order chi connectivity index (χ1) is 35.0. The summed E-state index contributed by atoms with van der Waals surface area (Å²) in [6, 6.07) is 86.4. The lowest BCUT2D eigenvalue weighted by Gasteiger charge is -2.31. The van der Waals surface area contributed by atoms with E-state index in [1.54, 1.807) is 0 Å². The number of fused-ring (bicyclic) bond motifs is 16. The van der Waals surface area contributed by atoms with Crippen molar-refractivity contribution >= 4 is 39.0 Å². The number of hydrogen-bond acceptors (Lipinski definition) is 3. The summed E-state index contributed by atoms with van der Waals surface area (Å²) in [7, 11) is 0. The number of rotatable bonds is 6. The average Bonchev–Trinajstić information content (AvgIpc) is 4.21. The summed E-state index contributed by atoms with van der Waals surface area (Å²) in [6.45, 7) is 4.71. The van der Waals surface area contributed by atoms with Crippen molar-refractivity contribution in [3.05, 3.63) is 270 Å². The predicted octanol–water partition coefficient (Wildman–Crippen LogP) is 18.3. The highest BCUT2D eigenvalue weighted by molar-refractivity contribution is 6.06. The van der Waals surface area contributed by atoms with Gasteiger partial charge in [0.25, 0.3) is 0 Å². The Balaban J connectivity index is 0.928. The molecule has 3 heteroatoms. The maximum atomic E-state index is 7.50. The van der Waals surface area contributed by atoms with Gasteiger partial charge in [-0.25, -0.2) is 0 Å². The van der Waals surface area contributed by atoms with Gasteiger partial charge in [0, 0.05) is 55.5 Å². The smallest absolute Gasteiger partial charge is 0.143 e. The SMILES string of the molecule is CC1(C)c2ccccc2-c2ccc(N(c3ccc(-c4ccc5c(c4)oc4ccccc45)cc3)c3cccc(-c4oc5c(c4-c4ccccc4)C4(c6ccccc6-c6ccccc64)c4ccccc4-5)c3)cc21. The Morgan fingerprint density at radius 3 is 1.62 bits per heavy atom. The van der Waals surface area contributed by atoms with Crippen LogP contribution in [0.3, 0.4) is 0 Å². The van der Waals surface area contributed by atoms with Gasteiger partial charge in [0.2, 0.25) is 0 Å². The zero-order chi connectivity index (χ0) is 47.0. The zero-order valence-corrected chi connectivity index (χ0v) is 39.3. The summed E-state index contributed by atoms with van der Waals surface area (Å²) in [5.74, 6) is 1.79. The van der Waals surface area contributed by atoms with E-state index >= 15 is 0 Å². The van der Waals surface area contributed by atoms with E-state index in [1.165, 1.54) is 55.6 Å². The first kappa shape index (κ1) is 40.0. The Morgan fingerprint density at radius 1 is 0.324 bits per heavy atom. The van der Waals surface area contributed by atoms with Gasteiger partial charge in [-0.2, -0.15) is 0 Å². The van der Waals surface area contributed by atoms with Crippen molar-refractivity contribution in [2.75, 3.05) is 4.90 Å². The second-order valence-corrected chi connectivity index (χ2v) is 19.9. The molecule has 0 saturated heterocycles. The van der Waals surface area contributed by atoms with Crippen molar-refractivity contribution in [1.29, 1.82) is 0 Å². The molecule has 10 aromatic carbocycles. The second kappa shape index (κ2) is 14.8. The highest BCUT2D eigenvalue weighted by atomic mass is 16.3. The fourth-order valence-corrected chi connectivity index (χ4v) is 12.8. The Hall–Kier alpha value is -8.92. The maximum absolute atomic E-state index is 7.50. The molecule has 71 heavy (non-hydrogen) atoms. The zero-order valence-electron chi connectivity index (χ0n) is 39.3. The van der Waals surface area contributed by atoms with Gasteiger partial charge in [0.05, 0.1) is 5.41 Å². The maximum Gasteiger partial charge on any atom is 0.143 e. The van der Waals surface area contributed by atoms with E-state index < -0.39 is 5.41 Å². The first-order valence-electron chi connectivity index (χ1n) is 24.7. The molecular formula is C68H45NO2. The average molecular weight is 908 g/mol. The van der Waals surface area contributed by atoms with Crippen molar-refractivity contribution in [3.63, 3.8) is 0 Å². The Kier molecular flexibility index (Phi) is 8.34. The van der Waals surface area contributed by atoms with Crippen LogP contribution in [0.25, 0.3) is 89.1 Å². The molecule has 0 fully saturated rings. The molecule has 1 spiro atoms. The van der Waals surface area contributed by atoms with Gasteiger partial charge >= 0.3 is 0 Å². The van der Waals surface area contributed by atoms with Crippen LogP contribution in [0.15, 0.2) is 245 Å². The number of nitrogens with zero attached hydrogens (tertiary/aromatic N) is 1. The van der Waals surface area contributed by atoms with E-state index in [0.29, 0.717) is 0 Å². The van der Waals surface area contributed by atoms with Crippen LogP contribution >= 0.6 is 0 Å². The van der Waals surface area contributed by atoms with Gasteiger partial charge in [0.1, 0.15) is 22.7 Å². The number of benzene rings is 10. The minimum atomic E-state index is -0.568. The number of furan rings is 2. The lowest BCUT2D eigenvalue weighted by atomic mass is 9.69. The van der Waals surface area contributed by atoms with E-state index in [2.05, 4.69) is 243 Å². The summed E-state index contributed by atoms with van der Waals surface area (Å²) < 4.78 is 13.8. The van der Waals surface area contributed by atoms with Crippen LogP contribution in [0.5, 0.6) is 0 Å². The van der Waals surface area contributed by atoms with Gasteiger partial charge in [-0.05, 0) is 121 Å². The van der Waals surface area contributed by atoms with Crippen molar-refractivity contribution in [1.82, 2.24) is 0 Å². The quantitative estimate of drug-likeness (QED) is 0.166. The van der Waals surface area contributed by atoms with E-state index in [-0.39, 0.29) is 5.41 Å². The van der Waals surface area contributed by atoms with E-state index in [9.17, 15) is 0 Å². The van der Waals surface area contributed by atoms with Crippen LogP contribution in [0.4, 0.5) is 17.1 Å². The highest BCUT2D eigenvalue weighted by Gasteiger charge is 2.55. The molecule has 0 N–H and O–H groups in total. The van der Waals surface area contributed by atoms with E-state index in [4.69, 9.17) is 8.83 Å². The number of para-hydroxylation sites is 1. The predicted molar refractivity (Wildman–Crippen MR) is 291 cm³/mol. The lowest BCUT2D eigenvalue weighted by molar-refractivity contribution is 0.596. The lowest BCUT2D eigenvalue weighted by Crippen LogP contribution is -2.26.